The van der Waals surface area contributed by atoms with Crippen LogP contribution in [-0.4, -0.2) is 60.0 Å². The molecule has 3 aromatic carbocycles. The van der Waals surface area contributed by atoms with Crippen LogP contribution in [0.2, 0.25) is 0 Å². The zero-order chi connectivity index (χ0) is 35.6. The Bertz CT molecular complexity index is 1930. The van der Waals surface area contributed by atoms with Crippen LogP contribution in [0, 0.1) is 6.92 Å². The second-order valence-corrected chi connectivity index (χ2v) is 10.7. The number of carbonyl (C=O) groups is 3. The van der Waals surface area contributed by atoms with Crippen LogP contribution in [0.25, 0.3) is 22.4 Å². The number of fused-ring (bicyclic) bond motifs is 1. The van der Waals surface area contributed by atoms with Crippen molar-refractivity contribution in [3.63, 3.8) is 0 Å². The molecule has 0 saturated heterocycles. The summed E-state index contributed by atoms with van der Waals surface area (Å²) >= 11 is 0. The topological polar surface area (TPSA) is 189 Å². The van der Waals surface area contributed by atoms with Crippen molar-refractivity contribution in [3.05, 3.63) is 112 Å². The summed E-state index contributed by atoms with van der Waals surface area (Å²) in [5, 5.41) is 22.2. The number of hydrogen-bond donors (Lipinski definition) is 5. The van der Waals surface area contributed by atoms with Crippen molar-refractivity contribution in [1.82, 2.24) is 24.8 Å². The van der Waals surface area contributed by atoms with Gasteiger partial charge in [-0.1, -0.05) is 66.7 Å². The zero-order valence-corrected chi connectivity index (χ0v) is 25.9. The van der Waals surface area contributed by atoms with Crippen LogP contribution in [0.1, 0.15) is 23.1 Å². The molecule has 5 rings (SSSR count). The fourth-order valence-electron chi connectivity index (χ4n) is 4.50. The third-order valence-corrected chi connectivity index (χ3v) is 6.87. The van der Waals surface area contributed by atoms with E-state index in [0.29, 0.717) is 17.9 Å². The molecule has 16 heteroatoms. The molecular formula is C33H31F3N6O7. The van der Waals surface area contributed by atoms with E-state index in [1.807, 2.05) is 78.9 Å². The lowest BCUT2D eigenvalue weighted by Gasteiger charge is -2.19. The van der Waals surface area contributed by atoms with Gasteiger partial charge in [-0.2, -0.15) is 18.2 Å². The van der Waals surface area contributed by atoms with Crippen molar-refractivity contribution in [2.45, 2.75) is 45.3 Å². The number of alkyl carbamates (subject to hydrolysis) is 1. The predicted molar refractivity (Wildman–Crippen MR) is 172 cm³/mol. The van der Waals surface area contributed by atoms with Crippen molar-refractivity contribution < 1.29 is 42.5 Å². The van der Waals surface area contributed by atoms with Gasteiger partial charge in [0.2, 0.25) is 0 Å². The number of benzene rings is 3. The number of aliphatic carboxylic acids is 2. The van der Waals surface area contributed by atoms with Gasteiger partial charge in [0.05, 0.1) is 23.5 Å². The number of para-hydroxylation sites is 2. The number of aromatic amines is 1. The first-order chi connectivity index (χ1) is 23.3. The third kappa shape index (κ3) is 10.7. The monoisotopic (exact) mass is 680 g/mol. The highest BCUT2D eigenvalue weighted by Gasteiger charge is 2.38. The van der Waals surface area contributed by atoms with Crippen LogP contribution < -0.4 is 16.3 Å². The summed E-state index contributed by atoms with van der Waals surface area (Å²) < 4.78 is 38.2. The molecule has 0 radical (unpaired) electrons. The molecule has 2 heterocycles. The zero-order valence-electron chi connectivity index (χ0n) is 25.9. The molecule has 0 spiro atoms. The Morgan fingerprint density at radius 1 is 0.939 bits per heavy atom. The molecule has 0 bridgehead atoms. The maximum atomic E-state index is 12.8. The van der Waals surface area contributed by atoms with Gasteiger partial charge in [0, 0.05) is 30.4 Å². The maximum absolute atomic E-state index is 12.8. The van der Waals surface area contributed by atoms with Gasteiger partial charge in [0.15, 0.2) is 0 Å². The summed E-state index contributed by atoms with van der Waals surface area (Å²) in [5.41, 5.74) is 4.74. The summed E-state index contributed by atoms with van der Waals surface area (Å²) in [4.78, 5) is 57.5. The molecule has 256 valence electrons. The lowest BCUT2D eigenvalue weighted by atomic mass is 10.1. The molecule has 1 atom stereocenters. The van der Waals surface area contributed by atoms with E-state index < -0.39 is 42.4 Å². The summed E-state index contributed by atoms with van der Waals surface area (Å²) in [6, 6.07) is 24.0. The molecule has 13 nitrogen and oxygen atoms in total. The van der Waals surface area contributed by atoms with Gasteiger partial charge < -0.3 is 30.6 Å². The first kappa shape index (κ1) is 35.7. The summed E-state index contributed by atoms with van der Waals surface area (Å²) in [6.45, 7) is 2.19. The second-order valence-electron chi connectivity index (χ2n) is 10.7. The molecule has 2 aromatic heterocycles. The molecule has 1 amide bonds. The number of rotatable bonds is 11. The number of alkyl halides is 3. The van der Waals surface area contributed by atoms with Crippen molar-refractivity contribution in [3.8, 4) is 11.4 Å². The van der Waals surface area contributed by atoms with Gasteiger partial charge >= 0.3 is 29.9 Å². The van der Waals surface area contributed by atoms with Crippen LogP contribution in [0.5, 0.6) is 0 Å². The highest BCUT2D eigenvalue weighted by Crippen LogP contribution is 2.21. The Morgan fingerprint density at radius 2 is 1.59 bits per heavy atom. The Morgan fingerprint density at radius 3 is 2.22 bits per heavy atom. The van der Waals surface area contributed by atoms with E-state index in [1.54, 1.807) is 13.1 Å². The fourth-order valence-corrected chi connectivity index (χ4v) is 4.50. The number of nitrogens with zero attached hydrogens (tertiary/aromatic N) is 3. The number of carboxylic acid groups (broad SMARTS) is 2. The Hall–Kier alpha value is -6.19. The van der Waals surface area contributed by atoms with E-state index in [-0.39, 0.29) is 13.2 Å². The van der Waals surface area contributed by atoms with Crippen LogP contribution in [0.3, 0.4) is 0 Å². The van der Waals surface area contributed by atoms with Crippen molar-refractivity contribution >= 4 is 34.9 Å². The average molecular weight is 681 g/mol. The smallest absolute Gasteiger partial charge is 0.481 e. The molecule has 5 N–H and O–H groups in total. The van der Waals surface area contributed by atoms with E-state index in [0.717, 1.165) is 33.5 Å². The first-order valence-electron chi connectivity index (χ1n) is 14.6. The standard InChI is InChI=1S/C31H30N6O5.C2HF3O2/c1-20-17-37(18-24(15-27(38)39)33-31(41)42-19-22-7-3-2-4-8-22)30(40)36-28(20)32-16-21-11-13-23(14-12-21)29-34-25-9-5-6-10-26(25)35-29;3-2(4,5)1(6)7/h2-14,17,24H,15-16,18-19H2,1H3,(H,33,41)(H,34,35)(H,38,39)(H,32,36,40);(H,6,7). The lowest BCUT2D eigenvalue weighted by Crippen LogP contribution is -2.42. The van der Waals surface area contributed by atoms with Crippen LogP contribution in [-0.2, 0) is 34.0 Å². The molecule has 5 aromatic rings. The van der Waals surface area contributed by atoms with Crippen LogP contribution >= 0.6 is 0 Å². The minimum absolute atomic E-state index is 0.0378. The van der Waals surface area contributed by atoms with Crippen LogP contribution in [0.15, 0.2) is 89.9 Å². The molecular weight excluding hydrogens is 649 g/mol. The molecule has 1 unspecified atom stereocenters. The van der Waals surface area contributed by atoms with E-state index in [2.05, 4.69) is 25.6 Å². The van der Waals surface area contributed by atoms with Crippen molar-refractivity contribution in [1.29, 1.82) is 0 Å². The van der Waals surface area contributed by atoms with Gasteiger partial charge in [-0.15, -0.1) is 0 Å². The third-order valence-electron chi connectivity index (χ3n) is 6.87. The molecule has 0 saturated carbocycles. The number of halogens is 3. The molecule has 0 aliphatic rings. The number of anilines is 1. The quantitative estimate of drug-likeness (QED) is 0.125. The fraction of sp³-hybridized carbons (Fsp3) is 0.212. The SMILES string of the molecule is Cc1cn(CC(CC(=O)O)NC(=O)OCc2ccccc2)c(=O)nc1NCc1ccc(-c2nc3ccccc3[nH]2)cc1.O=C(O)C(F)(F)F. The Balaban J connectivity index is 0.000000698. The number of aryl methyl sites for hydroxylation is 1. The molecule has 49 heavy (non-hydrogen) atoms. The first-order valence-corrected chi connectivity index (χ1v) is 14.6. The summed E-state index contributed by atoms with van der Waals surface area (Å²) in [5.74, 6) is -2.67. The Labute approximate surface area is 276 Å². The molecule has 0 aliphatic carbocycles. The molecule has 0 fully saturated rings. The maximum Gasteiger partial charge on any atom is 0.490 e. The van der Waals surface area contributed by atoms with Crippen molar-refractivity contribution in [2.75, 3.05) is 5.32 Å². The van der Waals surface area contributed by atoms with Gasteiger partial charge in [-0.3, -0.25) is 9.36 Å². The number of ether oxygens (including phenoxy) is 1. The number of hydrogen-bond acceptors (Lipinski definition) is 8. The number of nitrogens with one attached hydrogen (secondary N) is 3. The minimum atomic E-state index is -5.08. The number of H-pyrrole nitrogens is 1. The average Bonchev–Trinajstić information content (AvgIpc) is 3.49. The van der Waals surface area contributed by atoms with E-state index in [9.17, 15) is 32.7 Å². The van der Waals surface area contributed by atoms with Gasteiger partial charge in [-0.25, -0.2) is 19.4 Å². The van der Waals surface area contributed by atoms with Gasteiger partial charge in [0.1, 0.15) is 18.2 Å². The van der Waals surface area contributed by atoms with Crippen LogP contribution in [0.4, 0.5) is 23.8 Å². The van der Waals surface area contributed by atoms with E-state index in [1.165, 1.54) is 4.57 Å². The summed E-state index contributed by atoms with van der Waals surface area (Å²) in [6.07, 6.45) is -4.66. The number of amides is 1. The number of carbonyl (C=O) groups excluding carboxylic acids is 1. The normalized spacial score (nSPS) is 11.6. The highest BCUT2D eigenvalue weighted by molar-refractivity contribution is 5.79. The number of carboxylic acids is 2. The van der Waals surface area contributed by atoms with Gasteiger partial charge in [0.25, 0.3) is 0 Å². The molecule has 0 aliphatic heterocycles. The largest absolute Gasteiger partial charge is 0.490 e. The second kappa shape index (κ2) is 16.1. The summed E-state index contributed by atoms with van der Waals surface area (Å²) in [7, 11) is 0. The number of aromatic nitrogens is 4. The van der Waals surface area contributed by atoms with Gasteiger partial charge in [-0.05, 0) is 30.2 Å². The highest BCUT2D eigenvalue weighted by atomic mass is 19.4. The van der Waals surface area contributed by atoms with E-state index >= 15 is 0 Å². The predicted octanol–water partition coefficient (Wildman–Crippen LogP) is 5.11. The Kier molecular flexibility index (Phi) is 11.7. The van der Waals surface area contributed by atoms with Crippen molar-refractivity contribution in [2.24, 2.45) is 0 Å². The minimum Gasteiger partial charge on any atom is -0.481 e. The number of imidazole rings is 1. The van der Waals surface area contributed by atoms with E-state index in [4.69, 9.17) is 14.6 Å². The lowest BCUT2D eigenvalue weighted by molar-refractivity contribution is -0.192.